The molecular formula is C17H21FN2O2S. The highest BCUT2D eigenvalue weighted by molar-refractivity contribution is 7.99. The van der Waals surface area contributed by atoms with E-state index in [2.05, 4.69) is 10.5 Å². The van der Waals surface area contributed by atoms with Crippen LogP contribution in [-0.2, 0) is 11.2 Å². The van der Waals surface area contributed by atoms with Crippen LogP contribution in [0.25, 0.3) is 0 Å². The molecule has 0 aliphatic carbocycles. The van der Waals surface area contributed by atoms with Gasteiger partial charge in [-0.15, -0.1) is 11.8 Å². The van der Waals surface area contributed by atoms with Crippen LogP contribution in [0.3, 0.4) is 0 Å². The molecule has 0 saturated carbocycles. The van der Waals surface area contributed by atoms with Crippen LogP contribution in [0.4, 0.5) is 4.39 Å². The average Bonchev–Trinajstić information content (AvgIpc) is 2.85. The van der Waals surface area contributed by atoms with E-state index in [-0.39, 0.29) is 11.7 Å². The van der Waals surface area contributed by atoms with Crippen LogP contribution in [0, 0.1) is 19.7 Å². The lowest BCUT2D eigenvalue weighted by atomic mass is 10.1. The number of carbonyl (C=O) groups excluding carboxylic acids is 1. The van der Waals surface area contributed by atoms with E-state index >= 15 is 0 Å². The maximum absolute atomic E-state index is 12.8. The molecule has 0 bridgehead atoms. The lowest BCUT2D eigenvalue weighted by molar-refractivity contribution is -0.121. The minimum Gasteiger partial charge on any atom is -0.361 e. The van der Waals surface area contributed by atoms with Crippen LogP contribution in [0.2, 0.25) is 0 Å². The lowest BCUT2D eigenvalue weighted by Crippen LogP contribution is -2.25. The predicted molar refractivity (Wildman–Crippen MR) is 89.0 cm³/mol. The molecule has 4 nitrogen and oxygen atoms in total. The van der Waals surface area contributed by atoms with Gasteiger partial charge < -0.3 is 9.84 Å². The SMILES string of the molecule is Cc1noc(C)c1CCC(=O)NCCCSc1ccc(F)cc1. The molecule has 1 aromatic heterocycles. The van der Waals surface area contributed by atoms with Crippen molar-refractivity contribution in [2.75, 3.05) is 12.3 Å². The highest BCUT2D eigenvalue weighted by atomic mass is 32.2. The Morgan fingerprint density at radius 2 is 2.04 bits per heavy atom. The van der Waals surface area contributed by atoms with E-state index in [1.165, 1.54) is 12.1 Å². The third-order valence-electron chi connectivity index (χ3n) is 3.51. The van der Waals surface area contributed by atoms with Crippen LogP contribution in [0.5, 0.6) is 0 Å². The van der Waals surface area contributed by atoms with Gasteiger partial charge in [0.05, 0.1) is 5.69 Å². The lowest BCUT2D eigenvalue weighted by Gasteiger charge is -2.05. The van der Waals surface area contributed by atoms with Gasteiger partial charge >= 0.3 is 0 Å². The van der Waals surface area contributed by atoms with Crippen LogP contribution < -0.4 is 5.32 Å². The molecule has 23 heavy (non-hydrogen) atoms. The Labute approximate surface area is 139 Å². The van der Waals surface area contributed by atoms with Gasteiger partial charge in [-0.05, 0) is 56.7 Å². The summed E-state index contributed by atoms with van der Waals surface area (Å²) in [5.41, 5.74) is 1.87. The van der Waals surface area contributed by atoms with Gasteiger partial charge in [0.15, 0.2) is 0 Å². The summed E-state index contributed by atoms with van der Waals surface area (Å²) in [5, 5.41) is 6.80. The van der Waals surface area contributed by atoms with E-state index in [1.54, 1.807) is 23.9 Å². The molecule has 1 aromatic carbocycles. The zero-order valence-corrected chi connectivity index (χ0v) is 14.2. The Kier molecular flexibility index (Phi) is 6.65. The molecule has 0 spiro atoms. The number of benzene rings is 1. The van der Waals surface area contributed by atoms with E-state index in [0.29, 0.717) is 19.4 Å². The van der Waals surface area contributed by atoms with Crippen LogP contribution in [0.15, 0.2) is 33.7 Å². The predicted octanol–water partition coefficient (Wildman–Crippen LogP) is 3.66. The number of nitrogens with zero attached hydrogens (tertiary/aromatic N) is 1. The van der Waals surface area contributed by atoms with Crippen molar-refractivity contribution in [3.05, 3.63) is 47.1 Å². The second-order valence-electron chi connectivity index (χ2n) is 5.31. The maximum atomic E-state index is 12.8. The Hall–Kier alpha value is -1.82. The molecule has 0 atom stereocenters. The molecular weight excluding hydrogens is 315 g/mol. The zero-order chi connectivity index (χ0) is 16.7. The topological polar surface area (TPSA) is 55.1 Å². The molecule has 1 heterocycles. The quantitative estimate of drug-likeness (QED) is 0.590. The third-order valence-corrected chi connectivity index (χ3v) is 4.61. The first-order chi connectivity index (χ1) is 11.1. The summed E-state index contributed by atoms with van der Waals surface area (Å²) in [6, 6.07) is 6.45. The molecule has 1 N–H and O–H groups in total. The highest BCUT2D eigenvalue weighted by Crippen LogP contribution is 2.18. The van der Waals surface area contributed by atoms with Gasteiger partial charge in [0.1, 0.15) is 11.6 Å². The summed E-state index contributed by atoms with van der Waals surface area (Å²) in [5.74, 6) is 1.48. The van der Waals surface area contributed by atoms with Crippen molar-refractivity contribution >= 4 is 17.7 Å². The van der Waals surface area contributed by atoms with Gasteiger partial charge in [-0.1, -0.05) is 5.16 Å². The van der Waals surface area contributed by atoms with Crippen molar-refractivity contribution in [3.63, 3.8) is 0 Å². The average molecular weight is 336 g/mol. The normalized spacial score (nSPS) is 10.7. The first kappa shape index (κ1) is 17.5. The van der Waals surface area contributed by atoms with Crippen LogP contribution in [-0.4, -0.2) is 23.4 Å². The van der Waals surface area contributed by atoms with Gasteiger partial charge in [-0.25, -0.2) is 4.39 Å². The van der Waals surface area contributed by atoms with Crippen molar-refractivity contribution in [2.24, 2.45) is 0 Å². The molecule has 2 aromatic rings. The highest BCUT2D eigenvalue weighted by Gasteiger charge is 2.10. The van der Waals surface area contributed by atoms with Crippen molar-refractivity contribution in [3.8, 4) is 0 Å². The molecule has 0 saturated heterocycles. The Morgan fingerprint density at radius 3 is 2.70 bits per heavy atom. The van der Waals surface area contributed by atoms with E-state index in [9.17, 15) is 9.18 Å². The molecule has 0 aliphatic heterocycles. The fourth-order valence-electron chi connectivity index (χ4n) is 2.21. The number of hydrogen-bond acceptors (Lipinski definition) is 4. The van der Waals surface area contributed by atoms with Crippen molar-refractivity contribution in [1.82, 2.24) is 10.5 Å². The minimum atomic E-state index is -0.222. The Bertz CT molecular complexity index is 621. The van der Waals surface area contributed by atoms with Gasteiger partial charge in [0.25, 0.3) is 0 Å². The van der Waals surface area contributed by atoms with Gasteiger partial charge in [-0.3, -0.25) is 4.79 Å². The van der Waals surface area contributed by atoms with Crippen LogP contribution >= 0.6 is 11.8 Å². The second kappa shape index (κ2) is 8.72. The van der Waals surface area contributed by atoms with Gasteiger partial charge in [0, 0.05) is 23.4 Å². The summed E-state index contributed by atoms with van der Waals surface area (Å²) in [6.07, 6.45) is 1.96. The van der Waals surface area contributed by atoms with E-state index in [0.717, 1.165) is 34.1 Å². The summed E-state index contributed by atoms with van der Waals surface area (Å²) in [6.45, 7) is 4.39. The number of carbonyl (C=O) groups is 1. The smallest absolute Gasteiger partial charge is 0.220 e. The molecule has 124 valence electrons. The van der Waals surface area contributed by atoms with Gasteiger partial charge in [-0.2, -0.15) is 0 Å². The summed E-state index contributed by atoms with van der Waals surface area (Å²) in [4.78, 5) is 12.9. The summed E-state index contributed by atoms with van der Waals surface area (Å²) in [7, 11) is 0. The van der Waals surface area contributed by atoms with Crippen molar-refractivity contribution in [1.29, 1.82) is 0 Å². The molecule has 0 aliphatic rings. The zero-order valence-electron chi connectivity index (χ0n) is 13.4. The Morgan fingerprint density at radius 1 is 1.30 bits per heavy atom. The van der Waals surface area contributed by atoms with Gasteiger partial charge in [0.2, 0.25) is 5.91 Å². The first-order valence-electron chi connectivity index (χ1n) is 7.63. The fourth-order valence-corrected chi connectivity index (χ4v) is 3.06. The molecule has 0 fully saturated rings. The monoisotopic (exact) mass is 336 g/mol. The number of rotatable bonds is 8. The number of aryl methyl sites for hydroxylation is 2. The summed E-state index contributed by atoms with van der Waals surface area (Å²) >= 11 is 1.66. The Balaban J connectivity index is 1.59. The molecule has 6 heteroatoms. The van der Waals surface area contributed by atoms with E-state index < -0.39 is 0 Å². The van der Waals surface area contributed by atoms with Crippen molar-refractivity contribution < 1.29 is 13.7 Å². The standard InChI is InChI=1S/C17H21FN2O2S/c1-12-16(13(2)22-20-12)8-9-17(21)19-10-3-11-23-15-6-4-14(18)5-7-15/h4-7H,3,8-11H2,1-2H3,(H,19,21). The third kappa shape index (κ3) is 5.71. The number of halogens is 1. The largest absolute Gasteiger partial charge is 0.361 e. The molecule has 2 rings (SSSR count). The fraction of sp³-hybridized carbons (Fsp3) is 0.412. The number of amides is 1. The van der Waals surface area contributed by atoms with Crippen LogP contribution in [0.1, 0.15) is 29.9 Å². The minimum absolute atomic E-state index is 0.0387. The number of thioether (sulfide) groups is 1. The first-order valence-corrected chi connectivity index (χ1v) is 8.61. The van der Waals surface area contributed by atoms with E-state index in [4.69, 9.17) is 4.52 Å². The van der Waals surface area contributed by atoms with Crippen molar-refractivity contribution in [2.45, 2.75) is 38.0 Å². The summed E-state index contributed by atoms with van der Waals surface area (Å²) < 4.78 is 17.9. The maximum Gasteiger partial charge on any atom is 0.220 e. The molecule has 0 radical (unpaired) electrons. The number of hydrogen-bond donors (Lipinski definition) is 1. The number of nitrogens with one attached hydrogen (secondary N) is 1. The molecule has 0 unspecified atom stereocenters. The second-order valence-corrected chi connectivity index (χ2v) is 6.48. The number of aromatic nitrogens is 1. The molecule has 1 amide bonds. The van der Waals surface area contributed by atoms with E-state index in [1.807, 2.05) is 13.8 Å².